The molecule has 2 aromatic rings. The second-order valence-electron chi connectivity index (χ2n) is 3.80. The zero-order valence-electron chi connectivity index (χ0n) is 10.6. The van der Waals surface area contributed by atoms with Gasteiger partial charge in [0.1, 0.15) is 11.6 Å². The molecule has 0 aliphatic rings. The quantitative estimate of drug-likeness (QED) is 0.822. The number of aromatic nitrogens is 2. The average Bonchev–Trinajstić information content (AvgIpc) is 2.83. The minimum absolute atomic E-state index is 0.0957. The van der Waals surface area contributed by atoms with Crippen molar-refractivity contribution in [3.8, 4) is 11.8 Å². The van der Waals surface area contributed by atoms with Gasteiger partial charge in [-0.25, -0.2) is 9.37 Å². The molecule has 0 bridgehead atoms. The fraction of sp³-hybridized carbons (Fsp3) is 0.154. The van der Waals surface area contributed by atoms with Gasteiger partial charge in [-0.3, -0.25) is 10.1 Å². The highest BCUT2D eigenvalue weighted by Gasteiger charge is 2.14. The molecule has 5 nitrogen and oxygen atoms in total. The normalized spacial score (nSPS) is 9.75. The van der Waals surface area contributed by atoms with Gasteiger partial charge in [-0.1, -0.05) is 11.8 Å². The van der Waals surface area contributed by atoms with Crippen LogP contribution in [0.3, 0.4) is 0 Å². The van der Waals surface area contributed by atoms with E-state index >= 15 is 0 Å². The van der Waals surface area contributed by atoms with Gasteiger partial charge in [-0.15, -0.1) is 0 Å². The van der Waals surface area contributed by atoms with E-state index in [1.165, 1.54) is 18.2 Å². The molecule has 0 aliphatic heterocycles. The molecule has 0 radical (unpaired) electrons. The Balaban J connectivity index is 2.24. The Morgan fingerprint density at radius 1 is 1.55 bits per heavy atom. The number of carbonyl (C=O) groups is 1. The standard InChI is InChI=1S/C13H11FN4OS/c1-8-16-13(20-18-8)17-12(19)10-7-9(3-2-6-15)4-5-11(10)14/h4-5,7H,6,15H2,1H3,(H,16,17,18,19). The van der Waals surface area contributed by atoms with E-state index in [2.05, 4.69) is 26.5 Å². The molecule has 1 aromatic carbocycles. The number of nitrogens with one attached hydrogen (secondary N) is 1. The van der Waals surface area contributed by atoms with Gasteiger partial charge in [-0.05, 0) is 25.1 Å². The van der Waals surface area contributed by atoms with Crippen molar-refractivity contribution in [2.45, 2.75) is 6.92 Å². The summed E-state index contributed by atoms with van der Waals surface area (Å²) in [5.41, 5.74) is 5.70. The predicted molar refractivity (Wildman–Crippen MR) is 74.9 cm³/mol. The third kappa shape index (κ3) is 3.38. The van der Waals surface area contributed by atoms with E-state index in [1.54, 1.807) is 6.92 Å². The van der Waals surface area contributed by atoms with Crippen molar-refractivity contribution in [2.24, 2.45) is 5.73 Å². The molecule has 1 amide bonds. The smallest absolute Gasteiger partial charge is 0.260 e. The summed E-state index contributed by atoms with van der Waals surface area (Å²) in [6, 6.07) is 4.06. The summed E-state index contributed by atoms with van der Waals surface area (Å²) in [6.07, 6.45) is 0. The van der Waals surface area contributed by atoms with Gasteiger partial charge >= 0.3 is 0 Å². The Kier molecular flexibility index (Phi) is 4.40. The Morgan fingerprint density at radius 3 is 3.00 bits per heavy atom. The van der Waals surface area contributed by atoms with E-state index in [1.807, 2.05) is 0 Å². The summed E-state index contributed by atoms with van der Waals surface area (Å²) in [6.45, 7) is 1.90. The number of hydrogen-bond acceptors (Lipinski definition) is 5. The van der Waals surface area contributed by atoms with E-state index in [-0.39, 0.29) is 12.1 Å². The highest BCUT2D eigenvalue weighted by molar-refractivity contribution is 7.09. The van der Waals surface area contributed by atoms with Crippen LogP contribution in [0.5, 0.6) is 0 Å². The number of nitrogens with two attached hydrogens (primary N) is 1. The summed E-state index contributed by atoms with van der Waals surface area (Å²) in [5.74, 6) is 4.73. The molecule has 20 heavy (non-hydrogen) atoms. The third-order valence-corrected chi connectivity index (χ3v) is 3.02. The maximum Gasteiger partial charge on any atom is 0.260 e. The SMILES string of the molecule is Cc1nsc(NC(=O)c2cc(C#CCN)ccc2F)n1. The largest absolute Gasteiger partial charge is 0.320 e. The van der Waals surface area contributed by atoms with Crippen molar-refractivity contribution in [3.05, 3.63) is 41.0 Å². The first-order chi connectivity index (χ1) is 9.60. The molecule has 2 rings (SSSR count). The zero-order chi connectivity index (χ0) is 14.5. The Hall–Kier alpha value is -2.30. The average molecular weight is 290 g/mol. The minimum Gasteiger partial charge on any atom is -0.320 e. The van der Waals surface area contributed by atoms with Gasteiger partial charge in [-0.2, -0.15) is 4.37 Å². The van der Waals surface area contributed by atoms with E-state index in [9.17, 15) is 9.18 Å². The molecule has 0 spiro atoms. The predicted octanol–water partition coefficient (Wildman–Crippen LogP) is 1.55. The summed E-state index contributed by atoms with van der Waals surface area (Å²) >= 11 is 1.04. The molecular weight excluding hydrogens is 279 g/mol. The second kappa shape index (κ2) is 6.23. The van der Waals surface area contributed by atoms with Gasteiger partial charge in [0.25, 0.3) is 5.91 Å². The van der Waals surface area contributed by atoms with Crippen LogP contribution in [0, 0.1) is 24.6 Å². The van der Waals surface area contributed by atoms with Gasteiger partial charge in [0, 0.05) is 17.1 Å². The molecule has 0 aliphatic carbocycles. The van der Waals surface area contributed by atoms with Crippen LogP contribution in [0.4, 0.5) is 9.52 Å². The van der Waals surface area contributed by atoms with Gasteiger partial charge in [0.2, 0.25) is 5.13 Å². The lowest BCUT2D eigenvalue weighted by Gasteiger charge is -2.03. The Morgan fingerprint density at radius 2 is 2.35 bits per heavy atom. The van der Waals surface area contributed by atoms with Crippen molar-refractivity contribution in [1.29, 1.82) is 0 Å². The lowest BCUT2D eigenvalue weighted by molar-refractivity contribution is 0.102. The van der Waals surface area contributed by atoms with E-state index in [0.29, 0.717) is 16.5 Å². The monoisotopic (exact) mass is 290 g/mol. The number of amides is 1. The van der Waals surface area contributed by atoms with Crippen molar-refractivity contribution in [1.82, 2.24) is 9.36 Å². The highest BCUT2D eigenvalue weighted by Crippen LogP contribution is 2.15. The molecule has 0 saturated carbocycles. The van der Waals surface area contributed by atoms with Crippen LogP contribution >= 0.6 is 11.5 Å². The Labute approximate surface area is 119 Å². The number of anilines is 1. The van der Waals surface area contributed by atoms with Crippen LogP contribution in [-0.2, 0) is 0 Å². The van der Waals surface area contributed by atoms with Crippen molar-refractivity contribution >= 4 is 22.6 Å². The topological polar surface area (TPSA) is 80.9 Å². The summed E-state index contributed by atoms with van der Waals surface area (Å²) in [7, 11) is 0. The first-order valence-corrected chi connectivity index (χ1v) is 6.47. The van der Waals surface area contributed by atoms with Gasteiger partial charge in [0.15, 0.2) is 0 Å². The molecule has 0 saturated heterocycles. The van der Waals surface area contributed by atoms with Crippen molar-refractivity contribution in [3.63, 3.8) is 0 Å². The molecule has 1 heterocycles. The van der Waals surface area contributed by atoms with Gasteiger partial charge in [0.05, 0.1) is 12.1 Å². The fourth-order valence-corrected chi connectivity index (χ4v) is 2.01. The first kappa shape index (κ1) is 14.1. The summed E-state index contributed by atoms with van der Waals surface area (Å²) in [4.78, 5) is 16.0. The second-order valence-corrected chi connectivity index (χ2v) is 4.55. The first-order valence-electron chi connectivity index (χ1n) is 5.70. The zero-order valence-corrected chi connectivity index (χ0v) is 11.4. The van der Waals surface area contributed by atoms with Crippen LogP contribution in [-0.4, -0.2) is 21.8 Å². The van der Waals surface area contributed by atoms with Crippen molar-refractivity contribution in [2.75, 3.05) is 11.9 Å². The lowest BCUT2D eigenvalue weighted by atomic mass is 10.1. The number of aryl methyl sites for hydroxylation is 1. The fourth-order valence-electron chi connectivity index (χ4n) is 1.44. The third-order valence-electron chi connectivity index (χ3n) is 2.29. The number of rotatable bonds is 2. The number of carbonyl (C=O) groups excluding carboxylic acids is 1. The maximum atomic E-state index is 13.7. The number of nitrogens with zero attached hydrogens (tertiary/aromatic N) is 2. The molecule has 102 valence electrons. The molecule has 7 heteroatoms. The molecule has 1 aromatic heterocycles. The van der Waals surface area contributed by atoms with Crippen LogP contribution in [0.25, 0.3) is 0 Å². The molecule has 0 unspecified atom stereocenters. The van der Waals surface area contributed by atoms with Crippen LogP contribution < -0.4 is 11.1 Å². The van der Waals surface area contributed by atoms with Crippen LogP contribution in [0.15, 0.2) is 18.2 Å². The Bertz CT molecular complexity index is 702. The van der Waals surface area contributed by atoms with Crippen molar-refractivity contribution < 1.29 is 9.18 Å². The molecular formula is C13H11FN4OS. The number of benzene rings is 1. The van der Waals surface area contributed by atoms with Crippen LogP contribution in [0.1, 0.15) is 21.7 Å². The summed E-state index contributed by atoms with van der Waals surface area (Å²) < 4.78 is 17.6. The van der Waals surface area contributed by atoms with Crippen LogP contribution in [0.2, 0.25) is 0 Å². The van der Waals surface area contributed by atoms with Gasteiger partial charge < -0.3 is 5.73 Å². The van der Waals surface area contributed by atoms with E-state index < -0.39 is 11.7 Å². The van der Waals surface area contributed by atoms with E-state index in [4.69, 9.17) is 5.73 Å². The molecule has 3 N–H and O–H groups in total. The molecule has 0 fully saturated rings. The maximum absolute atomic E-state index is 13.7. The minimum atomic E-state index is -0.623. The highest BCUT2D eigenvalue weighted by atomic mass is 32.1. The summed E-state index contributed by atoms with van der Waals surface area (Å²) in [5, 5.41) is 2.82. The molecule has 0 atom stereocenters. The number of halogens is 1. The number of hydrogen-bond donors (Lipinski definition) is 2. The van der Waals surface area contributed by atoms with E-state index in [0.717, 1.165) is 11.5 Å². The lowest BCUT2D eigenvalue weighted by Crippen LogP contribution is -2.14.